The molecule has 2 amide bonds. The van der Waals surface area contributed by atoms with Gasteiger partial charge in [0.15, 0.2) is 0 Å². The first-order valence-electron chi connectivity index (χ1n) is 14.2. The molecule has 0 aromatic heterocycles. The fourth-order valence-electron chi connectivity index (χ4n) is 5.14. The molecule has 3 aromatic carbocycles. The van der Waals surface area contributed by atoms with E-state index in [1.54, 1.807) is 31.2 Å². The highest BCUT2D eigenvalue weighted by Gasteiger charge is 2.33. The zero-order chi connectivity index (χ0) is 30.3. The molecule has 0 heterocycles. The number of hydrogen-bond donors (Lipinski definition) is 1. The Kier molecular flexibility index (Phi) is 10.5. The van der Waals surface area contributed by atoms with Gasteiger partial charge in [0, 0.05) is 12.6 Å². The lowest BCUT2D eigenvalue weighted by molar-refractivity contribution is -0.139. The van der Waals surface area contributed by atoms with Gasteiger partial charge < -0.3 is 15.0 Å². The summed E-state index contributed by atoms with van der Waals surface area (Å²) >= 11 is 6.39. The van der Waals surface area contributed by atoms with E-state index in [9.17, 15) is 18.0 Å². The Hall–Kier alpha value is -3.56. The first-order valence-corrected chi connectivity index (χ1v) is 16.0. The number of carbonyl (C=O) groups is 2. The third-order valence-corrected chi connectivity index (χ3v) is 9.75. The van der Waals surface area contributed by atoms with Gasteiger partial charge in [-0.05, 0) is 69.0 Å². The van der Waals surface area contributed by atoms with Gasteiger partial charge in [-0.25, -0.2) is 8.42 Å². The predicted molar refractivity (Wildman–Crippen MR) is 165 cm³/mol. The van der Waals surface area contributed by atoms with Gasteiger partial charge in [0.25, 0.3) is 10.0 Å². The second kappa shape index (κ2) is 14.1. The summed E-state index contributed by atoms with van der Waals surface area (Å²) in [6, 6.07) is 20.0. The number of methoxy groups -OCH3 is 1. The summed E-state index contributed by atoms with van der Waals surface area (Å²) in [6.07, 6.45) is 4.46. The molecule has 1 aliphatic rings. The van der Waals surface area contributed by atoms with E-state index in [1.807, 2.05) is 37.3 Å². The van der Waals surface area contributed by atoms with Gasteiger partial charge in [-0.15, -0.1) is 0 Å². The van der Waals surface area contributed by atoms with Crippen molar-refractivity contribution in [2.75, 3.05) is 24.5 Å². The van der Waals surface area contributed by atoms with E-state index in [-0.39, 0.29) is 34.1 Å². The molecule has 0 bridgehead atoms. The van der Waals surface area contributed by atoms with Crippen LogP contribution >= 0.6 is 11.6 Å². The Labute approximate surface area is 253 Å². The lowest BCUT2D eigenvalue weighted by atomic mass is 10.1. The molecular weight excluding hydrogens is 574 g/mol. The van der Waals surface area contributed by atoms with Crippen LogP contribution in [0.1, 0.15) is 43.7 Å². The van der Waals surface area contributed by atoms with E-state index in [2.05, 4.69) is 5.32 Å². The Morgan fingerprint density at radius 1 is 1.02 bits per heavy atom. The molecule has 0 radical (unpaired) electrons. The molecule has 8 nitrogen and oxygen atoms in total. The first kappa shape index (κ1) is 31.4. The number of ether oxygens (including phenoxy) is 1. The smallest absolute Gasteiger partial charge is 0.264 e. The van der Waals surface area contributed by atoms with E-state index in [4.69, 9.17) is 16.3 Å². The Morgan fingerprint density at radius 3 is 2.31 bits per heavy atom. The van der Waals surface area contributed by atoms with E-state index in [1.165, 1.54) is 30.2 Å². The number of sulfonamides is 1. The van der Waals surface area contributed by atoms with Gasteiger partial charge in [0.1, 0.15) is 18.3 Å². The van der Waals surface area contributed by atoms with Gasteiger partial charge in [0.2, 0.25) is 11.8 Å². The molecule has 1 aliphatic carbocycles. The van der Waals surface area contributed by atoms with Crippen LogP contribution < -0.4 is 14.4 Å². The molecule has 3 aromatic rings. The molecule has 1 fully saturated rings. The number of rotatable bonds is 12. The van der Waals surface area contributed by atoms with Gasteiger partial charge in [-0.1, -0.05) is 72.5 Å². The van der Waals surface area contributed by atoms with Crippen LogP contribution in [0.15, 0.2) is 77.7 Å². The number of halogens is 1. The molecule has 0 unspecified atom stereocenters. The maximum absolute atomic E-state index is 14.1. The lowest BCUT2D eigenvalue weighted by Crippen LogP contribution is -2.53. The molecule has 0 aliphatic heterocycles. The monoisotopic (exact) mass is 611 g/mol. The Bertz CT molecular complexity index is 1480. The van der Waals surface area contributed by atoms with Crippen LogP contribution in [0.5, 0.6) is 5.75 Å². The van der Waals surface area contributed by atoms with Crippen molar-refractivity contribution in [1.82, 2.24) is 10.2 Å². The summed E-state index contributed by atoms with van der Waals surface area (Å²) in [5, 5.41) is 3.29. The molecule has 1 saturated carbocycles. The van der Waals surface area contributed by atoms with E-state index in [0.29, 0.717) is 12.2 Å². The molecule has 224 valence electrons. The van der Waals surface area contributed by atoms with Crippen molar-refractivity contribution < 1.29 is 22.7 Å². The van der Waals surface area contributed by atoms with E-state index >= 15 is 0 Å². The molecule has 0 spiro atoms. The normalized spacial score (nSPS) is 14.3. The highest BCUT2D eigenvalue weighted by molar-refractivity contribution is 7.92. The number of nitrogens with one attached hydrogen (secondary N) is 1. The summed E-state index contributed by atoms with van der Waals surface area (Å²) in [4.78, 5) is 28.9. The minimum atomic E-state index is -4.18. The number of hydrogen-bond acceptors (Lipinski definition) is 5. The zero-order valence-electron chi connectivity index (χ0n) is 24.3. The molecule has 0 saturated heterocycles. The summed E-state index contributed by atoms with van der Waals surface area (Å²) in [5.74, 6) is -0.368. The van der Waals surface area contributed by atoms with Crippen LogP contribution in [0.3, 0.4) is 0 Å². The third-order valence-electron chi connectivity index (χ3n) is 7.66. The maximum Gasteiger partial charge on any atom is 0.264 e. The number of anilines is 1. The predicted octanol–water partition coefficient (Wildman–Crippen LogP) is 5.37. The van der Waals surface area contributed by atoms with Crippen LogP contribution in [0.2, 0.25) is 5.02 Å². The minimum absolute atomic E-state index is 0.0377. The summed E-state index contributed by atoms with van der Waals surface area (Å²) in [5.41, 5.74) is 2.11. The number of carbonyl (C=O) groups excluding carboxylic acids is 2. The fourth-order valence-corrected chi connectivity index (χ4v) is 6.80. The van der Waals surface area contributed by atoms with Gasteiger partial charge >= 0.3 is 0 Å². The summed E-state index contributed by atoms with van der Waals surface area (Å²) < 4.78 is 34.3. The molecule has 4 rings (SSSR count). The second-order valence-corrected chi connectivity index (χ2v) is 12.9. The molecule has 1 atom stereocenters. The number of nitrogens with zero attached hydrogens (tertiary/aromatic N) is 2. The minimum Gasteiger partial charge on any atom is -0.495 e. The van der Waals surface area contributed by atoms with Crippen LogP contribution in [0, 0.1) is 6.92 Å². The Morgan fingerprint density at radius 2 is 1.69 bits per heavy atom. The average molecular weight is 612 g/mol. The van der Waals surface area contributed by atoms with E-state index < -0.39 is 28.5 Å². The molecule has 42 heavy (non-hydrogen) atoms. The van der Waals surface area contributed by atoms with Crippen molar-refractivity contribution in [2.45, 2.75) is 62.9 Å². The van der Waals surface area contributed by atoms with Gasteiger partial charge in [0.05, 0.1) is 22.7 Å². The maximum atomic E-state index is 14.1. The largest absolute Gasteiger partial charge is 0.495 e. The van der Waals surface area contributed by atoms with Crippen LogP contribution in [-0.4, -0.2) is 57.4 Å². The fraction of sp³-hybridized carbons (Fsp3) is 0.375. The highest BCUT2D eigenvalue weighted by atomic mass is 35.5. The highest BCUT2D eigenvalue weighted by Crippen LogP contribution is 2.32. The average Bonchev–Trinajstić information content (AvgIpc) is 3.49. The SMILES string of the molecule is COc1ccc(N(CC(=O)N(CCc2ccccc2)[C@H](C)C(=O)NC2CCCC2)S(=O)(=O)c2ccc(C)cc2)cc1Cl. The topological polar surface area (TPSA) is 96.0 Å². The zero-order valence-corrected chi connectivity index (χ0v) is 25.8. The second-order valence-electron chi connectivity index (χ2n) is 10.6. The van der Waals surface area contributed by atoms with Crippen molar-refractivity contribution in [2.24, 2.45) is 0 Å². The van der Waals surface area contributed by atoms with Crippen molar-refractivity contribution >= 4 is 39.1 Å². The van der Waals surface area contributed by atoms with Crippen molar-refractivity contribution in [3.05, 3.63) is 88.9 Å². The number of benzene rings is 3. The standard InChI is InChI=1S/C32H38ClN3O5S/c1-23-13-16-28(17-14-23)42(39,40)36(27-15-18-30(41-3)29(33)21-27)22-31(37)35(20-19-25-9-5-4-6-10-25)24(2)32(38)34-26-11-7-8-12-26/h4-6,9-10,13-18,21,24,26H,7-8,11-12,19-20,22H2,1-3H3,(H,34,38)/t24-/m1/s1. The van der Waals surface area contributed by atoms with Crippen molar-refractivity contribution in [3.8, 4) is 5.75 Å². The van der Waals surface area contributed by atoms with E-state index in [0.717, 1.165) is 41.1 Å². The Balaban J connectivity index is 1.67. The number of amides is 2. The van der Waals surface area contributed by atoms with Crippen molar-refractivity contribution in [1.29, 1.82) is 0 Å². The van der Waals surface area contributed by atoms with Crippen LogP contribution in [-0.2, 0) is 26.0 Å². The lowest BCUT2D eigenvalue weighted by Gasteiger charge is -2.32. The molecule has 10 heteroatoms. The number of aryl methyl sites for hydroxylation is 1. The molecular formula is C32H38ClN3O5S. The third kappa shape index (κ3) is 7.63. The van der Waals surface area contributed by atoms with Crippen molar-refractivity contribution in [3.63, 3.8) is 0 Å². The summed E-state index contributed by atoms with van der Waals surface area (Å²) in [6.45, 7) is 3.28. The molecule has 1 N–H and O–H groups in total. The first-order chi connectivity index (χ1) is 20.1. The van der Waals surface area contributed by atoms with Gasteiger partial charge in [-0.3, -0.25) is 13.9 Å². The summed E-state index contributed by atoms with van der Waals surface area (Å²) in [7, 11) is -2.72. The quantitative estimate of drug-likeness (QED) is 0.297. The van der Waals surface area contributed by atoms with Crippen LogP contribution in [0.25, 0.3) is 0 Å². The van der Waals surface area contributed by atoms with Gasteiger partial charge in [-0.2, -0.15) is 0 Å². The van der Waals surface area contributed by atoms with Crippen LogP contribution in [0.4, 0.5) is 5.69 Å².